The molecule has 0 radical (unpaired) electrons. The first-order valence-corrected chi connectivity index (χ1v) is 11.1. The first-order chi connectivity index (χ1) is 14.1. The van der Waals surface area contributed by atoms with Crippen molar-refractivity contribution in [2.45, 2.75) is 24.3 Å². The first kappa shape index (κ1) is 23.7. The van der Waals surface area contributed by atoms with E-state index in [1.54, 1.807) is 12.1 Å². The zero-order chi connectivity index (χ0) is 22.3. The molecular formula is C20H20BrFN2O5S. The maximum absolute atomic E-state index is 13.6. The first-order valence-electron chi connectivity index (χ1n) is 8.79. The second-order valence-corrected chi connectivity index (χ2v) is 8.79. The lowest BCUT2D eigenvalue weighted by atomic mass is 10.1. The number of primary sulfonamides is 1. The van der Waals surface area contributed by atoms with Gasteiger partial charge in [-0.05, 0) is 55.3 Å². The van der Waals surface area contributed by atoms with Crippen LogP contribution in [0.25, 0.3) is 6.08 Å². The van der Waals surface area contributed by atoms with Crippen LogP contribution in [0.15, 0.2) is 57.9 Å². The Balaban J connectivity index is 1.80. The highest BCUT2D eigenvalue weighted by molar-refractivity contribution is 9.10. The minimum Gasteiger partial charge on any atom is -0.449 e. The van der Waals surface area contributed by atoms with Gasteiger partial charge in [-0.25, -0.2) is 22.7 Å². The van der Waals surface area contributed by atoms with Gasteiger partial charge in [-0.3, -0.25) is 4.79 Å². The van der Waals surface area contributed by atoms with Crippen molar-refractivity contribution in [3.63, 3.8) is 0 Å². The van der Waals surface area contributed by atoms with Crippen LogP contribution in [0.3, 0.4) is 0 Å². The van der Waals surface area contributed by atoms with E-state index in [1.807, 2.05) is 0 Å². The van der Waals surface area contributed by atoms with Gasteiger partial charge in [-0.2, -0.15) is 0 Å². The average molecular weight is 499 g/mol. The summed E-state index contributed by atoms with van der Waals surface area (Å²) in [6, 6.07) is 10.3. The average Bonchev–Trinajstić information content (AvgIpc) is 2.68. The van der Waals surface area contributed by atoms with Gasteiger partial charge in [0.05, 0.1) is 4.90 Å². The topological polar surface area (TPSA) is 116 Å². The number of benzene rings is 2. The van der Waals surface area contributed by atoms with Crippen molar-refractivity contribution in [2.24, 2.45) is 5.14 Å². The molecular weight excluding hydrogens is 479 g/mol. The molecule has 0 aromatic heterocycles. The summed E-state index contributed by atoms with van der Waals surface area (Å²) in [6.07, 6.45) is 1.71. The maximum Gasteiger partial charge on any atom is 0.331 e. The number of nitrogens with one attached hydrogen (secondary N) is 1. The fraction of sp³-hybridized carbons (Fsp3) is 0.200. The smallest absolute Gasteiger partial charge is 0.331 e. The summed E-state index contributed by atoms with van der Waals surface area (Å²) >= 11 is 3.21. The number of carbonyl (C=O) groups excluding carboxylic acids is 2. The van der Waals surface area contributed by atoms with Gasteiger partial charge in [0.1, 0.15) is 5.82 Å². The van der Waals surface area contributed by atoms with E-state index in [0.29, 0.717) is 10.9 Å². The molecule has 0 heterocycles. The molecule has 2 rings (SSSR count). The highest BCUT2D eigenvalue weighted by Crippen LogP contribution is 2.16. The van der Waals surface area contributed by atoms with Gasteiger partial charge in [0, 0.05) is 22.7 Å². The molecule has 30 heavy (non-hydrogen) atoms. The van der Waals surface area contributed by atoms with Crippen LogP contribution >= 0.6 is 15.9 Å². The number of carbonyl (C=O) groups is 2. The number of rotatable bonds is 8. The fourth-order valence-electron chi connectivity index (χ4n) is 2.39. The van der Waals surface area contributed by atoms with Gasteiger partial charge in [0.2, 0.25) is 10.0 Å². The predicted molar refractivity (Wildman–Crippen MR) is 113 cm³/mol. The van der Waals surface area contributed by atoms with Crippen molar-refractivity contribution in [3.05, 3.63) is 70.0 Å². The number of ether oxygens (including phenoxy) is 1. The van der Waals surface area contributed by atoms with Crippen LogP contribution in [0.2, 0.25) is 0 Å². The zero-order valence-electron chi connectivity index (χ0n) is 16.0. The lowest BCUT2D eigenvalue weighted by molar-refractivity contribution is -0.150. The molecule has 160 valence electrons. The summed E-state index contributed by atoms with van der Waals surface area (Å²) in [7, 11) is -3.75. The van der Waals surface area contributed by atoms with E-state index in [4.69, 9.17) is 9.88 Å². The largest absolute Gasteiger partial charge is 0.449 e. The van der Waals surface area contributed by atoms with Crippen molar-refractivity contribution < 1.29 is 27.1 Å². The van der Waals surface area contributed by atoms with Crippen molar-refractivity contribution in [1.29, 1.82) is 0 Å². The van der Waals surface area contributed by atoms with E-state index >= 15 is 0 Å². The molecule has 0 aliphatic heterocycles. The fourth-order valence-corrected chi connectivity index (χ4v) is 3.28. The van der Waals surface area contributed by atoms with Gasteiger partial charge in [-0.1, -0.05) is 28.1 Å². The molecule has 0 aliphatic carbocycles. The Morgan fingerprint density at radius 1 is 1.23 bits per heavy atom. The lowest BCUT2D eigenvalue weighted by Crippen LogP contribution is -2.36. The number of sulfonamides is 1. The highest BCUT2D eigenvalue weighted by atomic mass is 79.9. The summed E-state index contributed by atoms with van der Waals surface area (Å²) in [6.45, 7) is 1.68. The van der Waals surface area contributed by atoms with E-state index in [0.717, 1.165) is 11.6 Å². The normalized spacial score (nSPS) is 12.5. The summed E-state index contributed by atoms with van der Waals surface area (Å²) in [4.78, 5) is 23.9. The number of hydrogen-bond acceptors (Lipinski definition) is 5. The molecule has 2 aromatic rings. The zero-order valence-corrected chi connectivity index (χ0v) is 18.4. The number of esters is 1. The summed E-state index contributed by atoms with van der Waals surface area (Å²) < 4.78 is 41.8. The van der Waals surface area contributed by atoms with E-state index < -0.39 is 33.8 Å². The SMILES string of the molecule is CC(OC(=O)/C=C/c1cc(Br)ccc1F)C(=O)NCCc1ccc(S(N)(=O)=O)cc1. The monoisotopic (exact) mass is 498 g/mol. The van der Waals surface area contributed by atoms with Crippen molar-refractivity contribution in [1.82, 2.24) is 5.32 Å². The van der Waals surface area contributed by atoms with Crippen molar-refractivity contribution >= 4 is 43.9 Å². The van der Waals surface area contributed by atoms with Crippen LogP contribution in [0.1, 0.15) is 18.1 Å². The van der Waals surface area contributed by atoms with Crippen LogP contribution in [0.5, 0.6) is 0 Å². The van der Waals surface area contributed by atoms with Gasteiger partial charge in [-0.15, -0.1) is 0 Å². The van der Waals surface area contributed by atoms with Crippen LogP contribution in [-0.4, -0.2) is 32.9 Å². The Hall–Kier alpha value is -2.56. The van der Waals surface area contributed by atoms with E-state index in [-0.39, 0.29) is 17.0 Å². The van der Waals surface area contributed by atoms with E-state index in [2.05, 4.69) is 21.2 Å². The molecule has 1 amide bonds. The Bertz CT molecular complexity index is 1060. The molecule has 1 atom stereocenters. The van der Waals surface area contributed by atoms with Crippen LogP contribution in [0, 0.1) is 5.82 Å². The second-order valence-electron chi connectivity index (χ2n) is 6.31. The maximum atomic E-state index is 13.6. The Morgan fingerprint density at radius 3 is 2.53 bits per heavy atom. The van der Waals surface area contributed by atoms with Crippen LogP contribution in [-0.2, 0) is 30.8 Å². The standard InChI is InChI=1S/C20H20BrFN2O5S/c1-13(29-19(25)9-4-15-12-16(21)5-8-18(15)22)20(26)24-11-10-14-2-6-17(7-3-14)30(23,27)28/h2-9,12-13H,10-11H2,1H3,(H,24,26)(H2,23,27,28)/b9-4+. The molecule has 0 spiro atoms. The Kier molecular flexibility index (Phi) is 8.27. The lowest BCUT2D eigenvalue weighted by Gasteiger charge is -2.12. The third kappa shape index (κ3) is 7.36. The summed E-state index contributed by atoms with van der Waals surface area (Å²) in [5.41, 5.74) is 0.998. The summed E-state index contributed by atoms with van der Waals surface area (Å²) in [5.74, 6) is -1.77. The number of amides is 1. The van der Waals surface area contributed by atoms with Gasteiger partial charge in [0.15, 0.2) is 6.10 Å². The van der Waals surface area contributed by atoms with E-state index in [9.17, 15) is 22.4 Å². The second kappa shape index (κ2) is 10.5. The predicted octanol–water partition coefficient (Wildman–Crippen LogP) is 2.54. The third-order valence-electron chi connectivity index (χ3n) is 3.98. The molecule has 2 aromatic carbocycles. The Morgan fingerprint density at radius 2 is 1.90 bits per heavy atom. The van der Waals surface area contributed by atoms with Gasteiger partial charge in [0.25, 0.3) is 5.91 Å². The minimum absolute atomic E-state index is 0.00613. The Labute approximate surface area is 182 Å². The molecule has 0 saturated carbocycles. The van der Waals surface area contributed by atoms with Crippen molar-refractivity contribution in [3.8, 4) is 0 Å². The molecule has 0 aliphatic rings. The molecule has 0 fully saturated rings. The van der Waals surface area contributed by atoms with Crippen LogP contribution < -0.4 is 10.5 Å². The summed E-state index contributed by atoms with van der Waals surface area (Å²) in [5, 5.41) is 7.66. The number of nitrogens with two attached hydrogens (primary N) is 1. The molecule has 0 bridgehead atoms. The third-order valence-corrected chi connectivity index (χ3v) is 5.41. The molecule has 7 nitrogen and oxygen atoms in total. The quantitative estimate of drug-likeness (QED) is 0.428. The molecule has 3 N–H and O–H groups in total. The van der Waals surface area contributed by atoms with Crippen LogP contribution in [0.4, 0.5) is 4.39 Å². The number of halogens is 2. The van der Waals surface area contributed by atoms with E-state index in [1.165, 1.54) is 43.3 Å². The molecule has 1 unspecified atom stereocenters. The molecule has 0 saturated heterocycles. The van der Waals surface area contributed by atoms with Gasteiger partial charge >= 0.3 is 5.97 Å². The molecule has 10 heteroatoms. The number of hydrogen-bond donors (Lipinski definition) is 2. The van der Waals surface area contributed by atoms with Crippen molar-refractivity contribution in [2.75, 3.05) is 6.54 Å². The van der Waals surface area contributed by atoms with Gasteiger partial charge < -0.3 is 10.1 Å². The highest BCUT2D eigenvalue weighted by Gasteiger charge is 2.16. The minimum atomic E-state index is -3.75.